The summed E-state index contributed by atoms with van der Waals surface area (Å²) in [6, 6.07) is 15.6. The molecule has 1 unspecified atom stereocenters. The van der Waals surface area contributed by atoms with E-state index in [9.17, 15) is 9.59 Å². The van der Waals surface area contributed by atoms with Gasteiger partial charge in [0.05, 0.1) is 20.1 Å². The van der Waals surface area contributed by atoms with Crippen LogP contribution in [0.3, 0.4) is 0 Å². The molecule has 1 fully saturated rings. The number of hydrogen-bond acceptors (Lipinski definition) is 4. The fraction of sp³-hybridized carbons (Fsp3) is 0.391. The molecule has 1 heterocycles. The zero-order chi connectivity index (χ0) is 20.6. The molecule has 6 nitrogen and oxygen atoms in total. The first-order valence-electron chi connectivity index (χ1n) is 9.91. The Kier molecular flexibility index (Phi) is 7.11. The van der Waals surface area contributed by atoms with Crippen molar-refractivity contribution in [2.24, 2.45) is 5.92 Å². The number of likely N-dealkylation sites (tertiary alicyclic amines) is 1. The van der Waals surface area contributed by atoms with Crippen LogP contribution in [-0.2, 0) is 22.4 Å². The normalized spacial score (nSPS) is 16.0. The maximum atomic E-state index is 12.5. The summed E-state index contributed by atoms with van der Waals surface area (Å²) in [6.45, 7) is 1.61. The molecule has 6 heteroatoms. The number of hydrogen-bond donors (Lipinski definition) is 1. The monoisotopic (exact) mass is 396 g/mol. The first-order chi connectivity index (χ1) is 14.1. The number of carbonyl (C=O) groups is 2. The van der Waals surface area contributed by atoms with E-state index in [2.05, 4.69) is 5.32 Å². The number of carbonyl (C=O) groups excluding carboxylic acids is 2. The van der Waals surface area contributed by atoms with Crippen molar-refractivity contribution < 1.29 is 19.1 Å². The average molecular weight is 396 g/mol. The molecule has 1 atom stereocenters. The smallest absolute Gasteiger partial charge is 0.225 e. The summed E-state index contributed by atoms with van der Waals surface area (Å²) >= 11 is 0. The van der Waals surface area contributed by atoms with Gasteiger partial charge in [0.15, 0.2) is 0 Å². The Morgan fingerprint density at radius 1 is 1.10 bits per heavy atom. The molecule has 0 radical (unpaired) electrons. The van der Waals surface area contributed by atoms with Crippen LogP contribution in [0.2, 0.25) is 0 Å². The lowest BCUT2D eigenvalue weighted by Crippen LogP contribution is -2.34. The van der Waals surface area contributed by atoms with E-state index in [-0.39, 0.29) is 24.2 Å². The van der Waals surface area contributed by atoms with Gasteiger partial charge in [-0.1, -0.05) is 30.3 Å². The van der Waals surface area contributed by atoms with Crippen LogP contribution < -0.4 is 14.8 Å². The lowest BCUT2D eigenvalue weighted by Gasteiger charge is -2.17. The SMILES string of the molecule is COc1cccc(CCN2CC(C(=O)NCCc3ccccc3OC)CC2=O)c1. The molecule has 1 saturated heterocycles. The van der Waals surface area contributed by atoms with E-state index >= 15 is 0 Å². The summed E-state index contributed by atoms with van der Waals surface area (Å²) in [4.78, 5) is 26.6. The van der Waals surface area contributed by atoms with Crippen molar-refractivity contribution in [2.75, 3.05) is 33.9 Å². The number of nitrogens with zero attached hydrogens (tertiary/aromatic N) is 1. The van der Waals surface area contributed by atoms with E-state index in [1.807, 2.05) is 48.5 Å². The van der Waals surface area contributed by atoms with Gasteiger partial charge < -0.3 is 19.7 Å². The van der Waals surface area contributed by atoms with Crippen LogP contribution in [0.1, 0.15) is 17.5 Å². The molecule has 1 aliphatic heterocycles. The third kappa shape index (κ3) is 5.50. The molecule has 3 rings (SSSR count). The van der Waals surface area contributed by atoms with Crippen molar-refractivity contribution in [3.05, 3.63) is 59.7 Å². The Morgan fingerprint density at radius 3 is 2.72 bits per heavy atom. The molecule has 0 spiro atoms. The van der Waals surface area contributed by atoms with Crippen LogP contribution in [0.25, 0.3) is 0 Å². The van der Waals surface area contributed by atoms with E-state index in [0.717, 1.165) is 29.0 Å². The van der Waals surface area contributed by atoms with Gasteiger partial charge in [0, 0.05) is 26.1 Å². The first kappa shape index (κ1) is 20.7. The standard InChI is InChI=1S/C23H28N2O4/c1-28-20-8-5-6-17(14-20)11-13-25-16-19(15-22(25)26)23(27)24-12-10-18-7-3-4-9-21(18)29-2/h3-9,14,19H,10-13,15-16H2,1-2H3,(H,24,27). The second-order valence-electron chi connectivity index (χ2n) is 7.20. The minimum atomic E-state index is -0.287. The van der Waals surface area contributed by atoms with Gasteiger partial charge in [-0.15, -0.1) is 0 Å². The van der Waals surface area contributed by atoms with E-state index < -0.39 is 0 Å². The molecular formula is C23H28N2O4. The number of methoxy groups -OCH3 is 2. The van der Waals surface area contributed by atoms with Crippen molar-refractivity contribution in [3.8, 4) is 11.5 Å². The molecule has 1 aliphatic rings. The minimum Gasteiger partial charge on any atom is -0.497 e. The summed E-state index contributed by atoms with van der Waals surface area (Å²) in [5, 5.41) is 2.96. The van der Waals surface area contributed by atoms with Crippen molar-refractivity contribution >= 4 is 11.8 Å². The van der Waals surface area contributed by atoms with Crippen LogP contribution in [-0.4, -0.2) is 50.6 Å². The number of benzene rings is 2. The molecule has 154 valence electrons. The Bertz CT molecular complexity index is 852. The van der Waals surface area contributed by atoms with Gasteiger partial charge >= 0.3 is 0 Å². The molecule has 29 heavy (non-hydrogen) atoms. The lowest BCUT2D eigenvalue weighted by molar-refractivity contribution is -0.129. The Balaban J connectivity index is 1.45. The number of ether oxygens (including phenoxy) is 2. The van der Waals surface area contributed by atoms with Gasteiger partial charge in [0.1, 0.15) is 11.5 Å². The summed E-state index contributed by atoms with van der Waals surface area (Å²) < 4.78 is 10.6. The van der Waals surface area contributed by atoms with Crippen molar-refractivity contribution in [1.29, 1.82) is 0 Å². The summed E-state index contributed by atoms with van der Waals surface area (Å²) in [5.41, 5.74) is 2.17. The number of para-hydroxylation sites is 1. The third-order valence-electron chi connectivity index (χ3n) is 5.28. The van der Waals surface area contributed by atoms with Gasteiger partial charge in [0.25, 0.3) is 0 Å². The Hall–Kier alpha value is -3.02. The molecule has 2 aromatic carbocycles. The fourth-order valence-electron chi connectivity index (χ4n) is 3.63. The molecule has 0 bridgehead atoms. The Labute approximate surface area is 171 Å². The molecule has 0 aromatic heterocycles. The topological polar surface area (TPSA) is 67.9 Å². The number of rotatable bonds is 9. The van der Waals surface area contributed by atoms with Gasteiger partial charge in [-0.2, -0.15) is 0 Å². The molecular weight excluding hydrogens is 368 g/mol. The summed E-state index contributed by atoms with van der Waals surface area (Å²) in [6.07, 6.45) is 1.71. The number of nitrogens with one attached hydrogen (secondary N) is 1. The molecule has 0 saturated carbocycles. The second-order valence-corrected chi connectivity index (χ2v) is 7.20. The molecule has 1 N–H and O–H groups in total. The maximum absolute atomic E-state index is 12.5. The second kappa shape index (κ2) is 9.96. The van der Waals surface area contributed by atoms with E-state index in [0.29, 0.717) is 26.1 Å². The fourth-order valence-corrected chi connectivity index (χ4v) is 3.63. The average Bonchev–Trinajstić information content (AvgIpc) is 3.13. The van der Waals surface area contributed by atoms with Crippen LogP contribution in [0.4, 0.5) is 0 Å². The van der Waals surface area contributed by atoms with Crippen molar-refractivity contribution in [1.82, 2.24) is 10.2 Å². The van der Waals surface area contributed by atoms with Crippen LogP contribution >= 0.6 is 0 Å². The highest BCUT2D eigenvalue weighted by molar-refractivity contribution is 5.89. The largest absolute Gasteiger partial charge is 0.497 e. The molecule has 2 aromatic rings. The highest BCUT2D eigenvalue weighted by Crippen LogP contribution is 2.20. The van der Waals surface area contributed by atoms with E-state index in [1.165, 1.54) is 0 Å². The van der Waals surface area contributed by atoms with Gasteiger partial charge in [-0.25, -0.2) is 0 Å². The van der Waals surface area contributed by atoms with Crippen LogP contribution in [0, 0.1) is 5.92 Å². The molecule has 2 amide bonds. The zero-order valence-electron chi connectivity index (χ0n) is 17.0. The predicted octanol–water partition coefficient (Wildman–Crippen LogP) is 2.45. The number of amides is 2. The van der Waals surface area contributed by atoms with Crippen LogP contribution in [0.15, 0.2) is 48.5 Å². The van der Waals surface area contributed by atoms with Gasteiger partial charge in [-0.05, 0) is 42.2 Å². The Morgan fingerprint density at radius 2 is 1.93 bits per heavy atom. The predicted molar refractivity (Wildman–Crippen MR) is 111 cm³/mol. The lowest BCUT2D eigenvalue weighted by atomic mass is 10.1. The van der Waals surface area contributed by atoms with Gasteiger partial charge in [-0.3, -0.25) is 9.59 Å². The van der Waals surface area contributed by atoms with E-state index in [1.54, 1.807) is 19.1 Å². The highest BCUT2D eigenvalue weighted by Gasteiger charge is 2.33. The first-order valence-corrected chi connectivity index (χ1v) is 9.91. The third-order valence-corrected chi connectivity index (χ3v) is 5.28. The van der Waals surface area contributed by atoms with Crippen molar-refractivity contribution in [2.45, 2.75) is 19.3 Å². The quantitative estimate of drug-likeness (QED) is 0.707. The minimum absolute atomic E-state index is 0.0396. The molecule has 0 aliphatic carbocycles. The summed E-state index contributed by atoms with van der Waals surface area (Å²) in [7, 11) is 3.28. The maximum Gasteiger partial charge on any atom is 0.225 e. The van der Waals surface area contributed by atoms with E-state index in [4.69, 9.17) is 9.47 Å². The van der Waals surface area contributed by atoms with Crippen molar-refractivity contribution in [3.63, 3.8) is 0 Å². The zero-order valence-corrected chi connectivity index (χ0v) is 17.0. The summed E-state index contributed by atoms with van der Waals surface area (Å²) in [5.74, 6) is 1.32. The highest BCUT2D eigenvalue weighted by atomic mass is 16.5. The van der Waals surface area contributed by atoms with Crippen LogP contribution in [0.5, 0.6) is 11.5 Å². The van der Waals surface area contributed by atoms with Gasteiger partial charge in [0.2, 0.25) is 11.8 Å².